The highest BCUT2D eigenvalue weighted by Gasteiger charge is 2.29. The standard InChI is InChI=1S/C14H17N3O4S/c18-13(16-10-1-2-10)9-3-5-15-12(7-9)14(19)17-11-4-6-22(20,21)8-11/h3,5,7,10-11H,1-2,4,6,8H2,(H,16,18)(H,17,19). The summed E-state index contributed by atoms with van der Waals surface area (Å²) in [5, 5.41) is 5.50. The van der Waals surface area contributed by atoms with E-state index in [1.54, 1.807) is 6.07 Å². The second kappa shape index (κ2) is 5.68. The maximum absolute atomic E-state index is 12.1. The van der Waals surface area contributed by atoms with Crippen molar-refractivity contribution in [3.8, 4) is 0 Å². The lowest BCUT2D eigenvalue weighted by atomic mass is 10.2. The van der Waals surface area contributed by atoms with Gasteiger partial charge in [-0.2, -0.15) is 0 Å². The molecule has 0 bridgehead atoms. The molecule has 1 unspecified atom stereocenters. The molecule has 2 fully saturated rings. The van der Waals surface area contributed by atoms with Crippen LogP contribution in [0.3, 0.4) is 0 Å². The Kier molecular flexibility index (Phi) is 3.86. The van der Waals surface area contributed by atoms with Crippen LogP contribution in [0, 0.1) is 0 Å². The summed E-state index contributed by atoms with van der Waals surface area (Å²) in [7, 11) is -3.05. The molecule has 8 heteroatoms. The predicted molar refractivity (Wildman–Crippen MR) is 79.3 cm³/mol. The molecule has 0 spiro atoms. The molecule has 2 amide bonds. The van der Waals surface area contributed by atoms with E-state index in [0.29, 0.717) is 12.0 Å². The molecule has 118 valence electrons. The van der Waals surface area contributed by atoms with Crippen molar-refractivity contribution in [3.63, 3.8) is 0 Å². The number of hydrogen-bond acceptors (Lipinski definition) is 5. The molecule has 2 aliphatic rings. The number of carbonyl (C=O) groups is 2. The Morgan fingerprint density at radius 2 is 1.82 bits per heavy atom. The summed E-state index contributed by atoms with van der Waals surface area (Å²) < 4.78 is 22.8. The molecule has 1 aromatic heterocycles. The van der Waals surface area contributed by atoms with Crippen molar-refractivity contribution in [1.82, 2.24) is 15.6 Å². The first-order chi connectivity index (χ1) is 10.4. The van der Waals surface area contributed by atoms with Crippen LogP contribution < -0.4 is 10.6 Å². The first kappa shape index (κ1) is 15.0. The number of sulfone groups is 1. The van der Waals surface area contributed by atoms with Gasteiger partial charge in [-0.25, -0.2) is 8.42 Å². The fourth-order valence-corrected chi connectivity index (χ4v) is 4.03. The lowest BCUT2D eigenvalue weighted by molar-refractivity contribution is 0.0936. The first-order valence-electron chi connectivity index (χ1n) is 7.21. The Bertz CT molecular complexity index is 713. The number of hydrogen-bond donors (Lipinski definition) is 2. The Labute approximate surface area is 128 Å². The van der Waals surface area contributed by atoms with Crippen LogP contribution in [-0.4, -0.2) is 48.8 Å². The fraction of sp³-hybridized carbons (Fsp3) is 0.500. The number of amides is 2. The average Bonchev–Trinajstić information content (AvgIpc) is 3.22. The van der Waals surface area contributed by atoms with Gasteiger partial charge in [-0.05, 0) is 31.4 Å². The summed E-state index contributed by atoms with van der Waals surface area (Å²) in [6.07, 6.45) is 3.79. The van der Waals surface area contributed by atoms with Gasteiger partial charge in [0.15, 0.2) is 9.84 Å². The van der Waals surface area contributed by atoms with Gasteiger partial charge in [0.25, 0.3) is 11.8 Å². The maximum atomic E-state index is 12.1. The zero-order valence-corrected chi connectivity index (χ0v) is 12.7. The average molecular weight is 323 g/mol. The highest BCUT2D eigenvalue weighted by atomic mass is 32.2. The number of carbonyl (C=O) groups excluding carboxylic acids is 2. The Morgan fingerprint density at radius 1 is 1.09 bits per heavy atom. The molecule has 0 aromatic carbocycles. The third kappa shape index (κ3) is 3.62. The lowest BCUT2D eigenvalue weighted by Crippen LogP contribution is -2.36. The van der Waals surface area contributed by atoms with E-state index >= 15 is 0 Å². The maximum Gasteiger partial charge on any atom is 0.270 e. The van der Waals surface area contributed by atoms with Gasteiger partial charge >= 0.3 is 0 Å². The van der Waals surface area contributed by atoms with Crippen molar-refractivity contribution in [3.05, 3.63) is 29.6 Å². The van der Waals surface area contributed by atoms with Crippen LogP contribution in [-0.2, 0) is 9.84 Å². The molecule has 1 atom stereocenters. The molecule has 3 rings (SSSR count). The van der Waals surface area contributed by atoms with Crippen LogP contribution in [0.5, 0.6) is 0 Å². The molecule has 22 heavy (non-hydrogen) atoms. The Balaban J connectivity index is 1.66. The van der Waals surface area contributed by atoms with Crippen LogP contribution in [0.25, 0.3) is 0 Å². The minimum Gasteiger partial charge on any atom is -0.349 e. The van der Waals surface area contributed by atoms with Gasteiger partial charge in [0, 0.05) is 23.8 Å². The van der Waals surface area contributed by atoms with Crippen LogP contribution in [0.1, 0.15) is 40.1 Å². The predicted octanol–water partition coefficient (Wildman–Crippen LogP) is -0.109. The van der Waals surface area contributed by atoms with Crippen LogP contribution in [0.15, 0.2) is 18.3 Å². The van der Waals surface area contributed by atoms with Crippen LogP contribution in [0.2, 0.25) is 0 Å². The largest absolute Gasteiger partial charge is 0.349 e. The smallest absolute Gasteiger partial charge is 0.270 e. The lowest BCUT2D eigenvalue weighted by Gasteiger charge is -2.11. The Hall–Kier alpha value is -1.96. The zero-order valence-electron chi connectivity index (χ0n) is 11.9. The monoisotopic (exact) mass is 323 g/mol. The third-order valence-electron chi connectivity index (χ3n) is 3.73. The zero-order chi connectivity index (χ0) is 15.7. The van der Waals surface area contributed by atoms with Gasteiger partial charge in [0.2, 0.25) is 0 Å². The third-order valence-corrected chi connectivity index (χ3v) is 5.50. The van der Waals surface area contributed by atoms with E-state index in [1.807, 2.05) is 0 Å². The normalized spacial score (nSPS) is 23.0. The molecule has 1 aliphatic carbocycles. The van der Waals surface area contributed by atoms with Crippen molar-refractivity contribution in [1.29, 1.82) is 0 Å². The summed E-state index contributed by atoms with van der Waals surface area (Å²) in [5.74, 6) is -0.624. The Morgan fingerprint density at radius 3 is 2.45 bits per heavy atom. The second-order valence-corrected chi connectivity index (χ2v) is 7.98. The summed E-state index contributed by atoms with van der Waals surface area (Å²) in [6, 6.07) is 2.83. The molecule has 2 N–H and O–H groups in total. The van der Waals surface area contributed by atoms with E-state index in [9.17, 15) is 18.0 Å². The molecule has 1 saturated heterocycles. The van der Waals surface area contributed by atoms with E-state index in [1.165, 1.54) is 12.3 Å². The van der Waals surface area contributed by atoms with Gasteiger partial charge in [0.1, 0.15) is 5.69 Å². The van der Waals surface area contributed by atoms with Crippen LogP contribution in [0.4, 0.5) is 0 Å². The van der Waals surface area contributed by atoms with Crippen LogP contribution >= 0.6 is 0 Å². The molecule has 1 saturated carbocycles. The fourth-order valence-electron chi connectivity index (χ4n) is 2.36. The van der Waals surface area contributed by atoms with Crippen molar-refractivity contribution in [2.75, 3.05) is 11.5 Å². The van der Waals surface area contributed by atoms with E-state index in [0.717, 1.165) is 12.8 Å². The SMILES string of the molecule is O=C(NC1CC1)c1ccnc(C(=O)NC2CCS(=O)(=O)C2)c1. The van der Waals surface area contributed by atoms with Crippen molar-refractivity contribution in [2.45, 2.75) is 31.3 Å². The number of aromatic nitrogens is 1. The van der Waals surface area contributed by atoms with Crippen molar-refractivity contribution >= 4 is 21.7 Å². The van der Waals surface area contributed by atoms with Crippen molar-refractivity contribution in [2.24, 2.45) is 0 Å². The molecular weight excluding hydrogens is 306 g/mol. The molecule has 2 heterocycles. The number of rotatable bonds is 4. The van der Waals surface area contributed by atoms with Gasteiger partial charge in [-0.3, -0.25) is 14.6 Å². The van der Waals surface area contributed by atoms with Crippen molar-refractivity contribution < 1.29 is 18.0 Å². The highest BCUT2D eigenvalue weighted by Crippen LogP contribution is 2.19. The molecule has 7 nitrogen and oxygen atoms in total. The molecular formula is C14H17N3O4S. The molecule has 1 aromatic rings. The second-order valence-electron chi connectivity index (χ2n) is 5.75. The quantitative estimate of drug-likeness (QED) is 0.804. The van der Waals surface area contributed by atoms with E-state index < -0.39 is 15.7 Å². The van der Waals surface area contributed by atoms with Gasteiger partial charge in [0.05, 0.1) is 11.5 Å². The molecule has 1 aliphatic heterocycles. The van der Waals surface area contributed by atoms with E-state index in [4.69, 9.17) is 0 Å². The summed E-state index contributed by atoms with van der Waals surface area (Å²) in [5.41, 5.74) is 0.499. The first-order valence-corrected chi connectivity index (χ1v) is 9.03. The van der Waals surface area contributed by atoms with E-state index in [2.05, 4.69) is 15.6 Å². The topological polar surface area (TPSA) is 105 Å². The number of pyridine rings is 1. The number of nitrogens with one attached hydrogen (secondary N) is 2. The minimum atomic E-state index is -3.05. The highest BCUT2D eigenvalue weighted by molar-refractivity contribution is 7.91. The summed E-state index contributed by atoms with van der Waals surface area (Å²) >= 11 is 0. The van der Waals surface area contributed by atoms with E-state index in [-0.39, 0.29) is 35.2 Å². The summed E-state index contributed by atoms with van der Waals surface area (Å²) in [4.78, 5) is 28.0. The minimum absolute atomic E-state index is 0.0411. The summed E-state index contributed by atoms with van der Waals surface area (Å²) in [6.45, 7) is 0. The molecule has 0 radical (unpaired) electrons. The van der Waals surface area contributed by atoms with Gasteiger partial charge in [-0.15, -0.1) is 0 Å². The number of nitrogens with zero attached hydrogens (tertiary/aromatic N) is 1. The van der Waals surface area contributed by atoms with Gasteiger partial charge in [-0.1, -0.05) is 0 Å². The van der Waals surface area contributed by atoms with Gasteiger partial charge < -0.3 is 10.6 Å².